The van der Waals surface area contributed by atoms with E-state index >= 15 is 0 Å². The lowest BCUT2D eigenvalue weighted by atomic mass is 10.00. The van der Waals surface area contributed by atoms with Crippen molar-refractivity contribution in [1.82, 2.24) is 5.32 Å². The maximum absolute atomic E-state index is 3.70. The Balaban J connectivity index is 1.95. The molecule has 0 saturated carbocycles. The molecule has 1 aliphatic rings. The van der Waals surface area contributed by atoms with Gasteiger partial charge >= 0.3 is 0 Å². The number of hydrogen-bond acceptors (Lipinski definition) is 2. The highest BCUT2D eigenvalue weighted by Gasteiger charge is 2.19. The number of benzene rings is 1. The molecule has 0 bridgehead atoms. The quantitative estimate of drug-likeness (QED) is 0.629. The van der Waals surface area contributed by atoms with Crippen LogP contribution in [-0.2, 0) is 12.8 Å². The zero-order valence-electron chi connectivity index (χ0n) is 12.1. The smallest absolute Gasteiger partial charge is 0.0843 e. The molecule has 2 aromatic rings. The van der Waals surface area contributed by atoms with Gasteiger partial charge in [-0.2, -0.15) is 0 Å². The van der Waals surface area contributed by atoms with Gasteiger partial charge in [-0.15, -0.1) is 11.3 Å². The largest absolute Gasteiger partial charge is 0.306 e. The van der Waals surface area contributed by atoms with Crippen molar-refractivity contribution in [3.63, 3.8) is 0 Å². The van der Waals surface area contributed by atoms with Crippen LogP contribution < -0.4 is 5.32 Å². The van der Waals surface area contributed by atoms with Gasteiger partial charge in [0.25, 0.3) is 0 Å². The lowest BCUT2D eigenvalue weighted by molar-refractivity contribution is 0.605. The van der Waals surface area contributed by atoms with Gasteiger partial charge in [-0.25, -0.2) is 0 Å². The van der Waals surface area contributed by atoms with E-state index < -0.39 is 0 Å². The van der Waals surface area contributed by atoms with Gasteiger partial charge in [0, 0.05) is 9.35 Å². The number of rotatable bonds is 5. The number of fused-ring (bicyclic) bond motifs is 1. The molecule has 1 aliphatic carbocycles. The van der Waals surface area contributed by atoms with E-state index in [0.29, 0.717) is 6.04 Å². The molecule has 0 spiro atoms. The van der Waals surface area contributed by atoms with Crippen LogP contribution in [0.1, 0.15) is 47.4 Å². The van der Waals surface area contributed by atoms with Gasteiger partial charge in [0.15, 0.2) is 0 Å². The van der Waals surface area contributed by atoms with Gasteiger partial charge in [-0.1, -0.05) is 25.1 Å². The van der Waals surface area contributed by atoms with Crippen molar-refractivity contribution in [2.24, 2.45) is 0 Å². The van der Waals surface area contributed by atoms with Crippen molar-refractivity contribution in [2.45, 2.75) is 38.6 Å². The average molecular weight is 429 g/mol. The Bertz CT molecular complexity index is 616. The Hall–Kier alpha value is -0.160. The summed E-state index contributed by atoms with van der Waals surface area (Å²) in [6.45, 7) is 3.25. The van der Waals surface area contributed by atoms with E-state index in [0.717, 1.165) is 17.4 Å². The van der Waals surface area contributed by atoms with E-state index in [1.54, 1.807) is 11.1 Å². The van der Waals surface area contributed by atoms with Crippen LogP contribution in [0.5, 0.6) is 0 Å². The Morgan fingerprint density at radius 3 is 2.71 bits per heavy atom. The number of halogens is 2. The van der Waals surface area contributed by atoms with Crippen LogP contribution in [-0.4, -0.2) is 6.54 Å². The summed E-state index contributed by atoms with van der Waals surface area (Å²) in [6.07, 6.45) is 4.94. The molecule has 0 aliphatic heterocycles. The summed E-state index contributed by atoms with van der Waals surface area (Å²) in [6, 6.07) is 9.57. The lowest BCUT2D eigenvalue weighted by Gasteiger charge is -2.18. The van der Waals surface area contributed by atoms with Gasteiger partial charge in [-0.05, 0) is 86.8 Å². The Morgan fingerprint density at radius 1 is 1.19 bits per heavy atom. The number of aryl methyl sites for hydroxylation is 2. The third kappa shape index (κ3) is 3.44. The molecule has 0 radical (unpaired) electrons. The number of hydrogen-bond donors (Lipinski definition) is 1. The highest BCUT2D eigenvalue weighted by atomic mass is 79.9. The summed E-state index contributed by atoms with van der Waals surface area (Å²) in [5.74, 6) is 0. The predicted molar refractivity (Wildman–Crippen MR) is 98.3 cm³/mol. The van der Waals surface area contributed by atoms with Gasteiger partial charge in [0.1, 0.15) is 0 Å². The fourth-order valence-electron chi connectivity index (χ4n) is 2.95. The maximum Gasteiger partial charge on any atom is 0.0843 e. The molecule has 4 heteroatoms. The molecule has 3 rings (SSSR count). The van der Waals surface area contributed by atoms with Crippen molar-refractivity contribution in [3.8, 4) is 0 Å². The second-order valence-corrected chi connectivity index (χ2v) is 8.80. The first-order valence-corrected chi connectivity index (χ1v) is 9.89. The van der Waals surface area contributed by atoms with Crippen LogP contribution in [0.2, 0.25) is 0 Å². The highest BCUT2D eigenvalue weighted by molar-refractivity contribution is 9.13. The Labute approximate surface area is 147 Å². The van der Waals surface area contributed by atoms with Crippen LogP contribution >= 0.6 is 43.2 Å². The summed E-state index contributed by atoms with van der Waals surface area (Å²) in [5.41, 5.74) is 4.48. The zero-order chi connectivity index (χ0) is 14.8. The lowest BCUT2D eigenvalue weighted by Crippen LogP contribution is -2.22. The zero-order valence-corrected chi connectivity index (χ0v) is 16.1. The van der Waals surface area contributed by atoms with E-state index in [4.69, 9.17) is 0 Å². The molecule has 1 aromatic heterocycles. The Morgan fingerprint density at radius 2 is 2.00 bits per heavy atom. The van der Waals surface area contributed by atoms with Crippen molar-refractivity contribution in [1.29, 1.82) is 0 Å². The predicted octanol–water partition coefficient (Wildman–Crippen LogP) is 5.85. The molecule has 1 heterocycles. The molecular formula is C17H19Br2NS. The van der Waals surface area contributed by atoms with Crippen LogP contribution in [0.3, 0.4) is 0 Å². The van der Waals surface area contributed by atoms with Gasteiger partial charge < -0.3 is 5.32 Å². The van der Waals surface area contributed by atoms with E-state index in [9.17, 15) is 0 Å². The van der Waals surface area contributed by atoms with Gasteiger partial charge in [-0.3, -0.25) is 0 Å². The summed E-state index contributed by atoms with van der Waals surface area (Å²) >= 11 is 9.04. The van der Waals surface area contributed by atoms with E-state index in [-0.39, 0.29) is 0 Å². The average Bonchev–Trinajstić information content (AvgIpc) is 3.06. The SMILES string of the molecule is CCCNC(c1ccc2c(c1)CCC2)c1cc(Br)c(Br)s1. The third-order valence-electron chi connectivity index (χ3n) is 4.00. The van der Waals surface area contributed by atoms with Crippen molar-refractivity contribution in [3.05, 3.63) is 54.1 Å². The van der Waals surface area contributed by atoms with Gasteiger partial charge in [0.05, 0.1) is 9.83 Å². The number of nitrogens with one attached hydrogen (secondary N) is 1. The molecule has 1 N–H and O–H groups in total. The van der Waals surface area contributed by atoms with Crippen molar-refractivity contribution >= 4 is 43.2 Å². The normalized spacial score (nSPS) is 15.2. The molecule has 1 atom stereocenters. The standard InChI is InChI=1S/C17H19Br2NS/c1-2-8-20-16(15-10-14(18)17(19)21-15)13-7-6-11-4-3-5-12(11)9-13/h6-7,9-10,16,20H,2-5,8H2,1H3. The van der Waals surface area contributed by atoms with Crippen molar-refractivity contribution in [2.75, 3.05) is 6.54 Å². The molecule has 112 valence electrons. The minimum Gasteiger partial charge on any atom is -0.306 e. The summed E-state index contributed by atoms with van der Waals surface area (Å²) in [7, 11) is 0. The molecular weight excluding hydrogens is 410 g/mol. The molecule has 0 fully saturated rings. The first-order chi connectivity index (χ1) is 10.2. The van der Waals surface area contributed by atoms with Crippen molar-refractivity contribution < 1.29 is 0 Å². The van der Waals surface area contributed by atoms with E-state index in [2.05, 4.69) is 68.4 Å². The summed E-state index contributed by atoms with van der Waals surface area (Å²) in [5, 5.41) is 3.70. The molecule has 1 nitrogen and oxygen atoms in total. The molecule has 1 aromatic carbocycles. The summed E-state index contributed by atoms with van der Waals surface area (Å²) < 4.78 is 2.31. The third-order valence-corrected chi connectivity index (χ3v) is 7.32. The van der Waals surface area contributed by atoms with E-state index in [1.165, 1.54) is 33.5 Å². The van der Waals surface area contributed by atoms with Crippen LogP contribution in [0, 0.1) is 0 Å². The molecule has 1 unspecified atom stereocenters. The summed E-state index contributed by atoms with van der Waals surface area (Å²) in [4.78, 5) is 1.36. The highest BCUT2D eigenvalue weighted by Crippen LogP contribution is 2.38. The first kappa shape index (κ1) is 15.7. The van der Waals surface area contributed by atoms with Gasteiger partial charge in [0.2, 0.25) is 0 Å². The molecule has 21 heavy (non-hydrogen) atoms. The molecule has 0 amide bonds. The minimum atomic E-state index is 0.295. The second-order valence-electron chi connectivity index (χ2n) is 5.54. The minimum absolute atomic E-state index is 0.295. The monoisotopic (exact) mass is 427 g/mol. The number of thiophene rings is 1. The van der Waals surface area contributed by atoms with Crippen LogP contribution in [0.4, 0.5) is 0 Å². The Kier molecular flexibility index (Phi) is 5.20. The van der Waals surface area contributed by atoms with E-state index in [1.807, 2.05) is 11.3 Å². The first-order valence-electron chi connectivity index (χ1n) is 7.49. The fraction of sp³-hybridized carbons (Fsp3) is 0.412. The topological polar surface area (TPSA) is 12.0 Å². The fourth-order valence-corrected chi connectivity index (χ4v) is 5.14. The second kappa shape index (κ2) is 6.95. The van der Waals surface area contributed by atoms with Crippen LogP contribution in [0.25, 0.3) is 0 Å². The van der Waals surface area contributed by atoms with Crippen LogP contribution in [0.15, 0.2) is 32.5 Å². The maximum atomic E-state index is 3.70. The molecule has 0 saturated heterocycles.